The monoisotopic (exact) mass is 215 g/mol. The van der Waals surface area contributed by atoms with Crippen LogP contribution in [-0.4, -0.2) is 6.61 Å². The van der Waals surface area contributed by atoms with Gasteiger partial charge < -0.3 is 4.74 Å². The van der Waals surface area contributed by atoms with E-state index in [1.165, 1.54) is 19.3 Å². The summed E-state index contributed by atoms with van der Waals surface area (Å²) in [5.74, 6) is 1.59. The molecule has 2 nitrogen and oxygen atoms in total. The highest BCUT2D eigenvalue weighted by molar-refractivity contribution is 5.44. The first-order valence-electron chi connectivity index (χ1n) is 5.93. The van der Waals surface area contributed by atoms with Gasteiger partial charge in [-0.1, -0.05) is 25.3 Å². The van der Waals surface area contributed by atoms with E-state index in [-0.39, 0.29) is 0 Å². The topological polar surface area (TPSA) is 33.0 Å². The molecule has 0 aromatic heterocycles. The zero-order valence-corrected chi connectivity index (χ0v) is 9.70. The highest BCUT2D eigenvalue weighted by Crippen LogP contribution is 2.29. The highest BCUT2D eigenvalue weighted by atomic mass is 16.5. The molecule has 0 bridgehead atoms. The van der Waals surface area contributed by atoms with E-state index in [1.54, 1.807) is 0 Å². The zero-order valence-electron chi connectivity index (χ0n) is 9.70. The van der Waals surface area contributed by atoms with Gasteiger partial charge in [0.2, 0.25) is 0 Å². The minimum Gasteiger partial charge on any atom is -0.492 e. The molecule has 1 aromatic rings. The van der Waals surface area contributed by atoms with Crippen LogP contribution in [0.4, 0.5) is 0 Å². The second-order valence-electron chi connectivity index (χ2n) is 4.55. The molecule has 0 amide bonds. The molecule has 2 heteroatoms. The van der Waals surface area contributed by atoms with Gasteiger partial charge in [-0.2, -0.15) is 5.26 Å². The van der Waals surface area contributed by atoms with Crippen molar-refractivity contribution in [2.75, 3.05) is 6.61 Å². The van der Waals surface area contributed by atoms with E-state index in [2.05, 4.69) is 6.07 Å². The summed E-state index contributed by atoms with van der Waals surface area (Å²) in [5, 5.41) is 8.95. The predicted octanol–water partition coefficient (Wildman–Crippen LogP) is 3.44. The SMILES string of the molecule is Cc1ccc(C#N)c(OCCC2CCC2)c1. The molecular weight excluding hydrogens is 198 g/mol. The molecule has 1 aromatic carbocycles. The molecule has 0 atom stereocenters. The molecule has 0 heterocycles. The normalized spacial score (nSPS) is 15.2. The maximum Gasteiger partial charge on any atom is 0.137 e. The van der Waals surface area contributed by atoms with Crippen molar-refractivity contribution in [3.63, 3.8) is 0 Å². The molecule has 1 aliphatic carbocycles. The van der Waals surface area contributed by atoms with Crippen molar-refractivity contribution < 1.29 is 4.74 Å². The molecule has 1 fully saturated rings. The van der Waals surface area contributed by atoms with Crippen LogP contribution in [0.1, 0.15) is 36.8 Å². The second-order valence-corrected chi connectivity index (χ2v) is 4.55. The van der Waals surface area contributed by atoms with Crippen molar-refractivity contribution in [3.8, 4) is 11.8 Å². The molecule has 0 spiro atoms. The largest absolute Gasteiger partial charge is 0.492 e. The molecule has 2 rings (SSSR count). The number of nitrogens with zero attached hydrogens (tertiary/aromatic N) is 1. The number of benzene rings is 1. The lowest BCUT2D eigenvalue weighted by molar-refractivity contribution is 0.221. The van der Waals surface area contributed by atoms with Gasteiger partial charge in [0.25, 0.3) is 0 Å². The van der Waals surface area contributed by atoms with Crippen LogP contribution in [0.2, 0.25) is 0 Å². The maximum absolute atomic E-state index is 8.95. The lowest BCUT2D eigenvalue weighted by atomic mass is 9.83. The van der Waals surface area contributed by atoms with E-state index in [1.807, 2.05) is 25.1 Å². The number of ether oxygens (including phenoxy) is 1. The minimum absolute atomic E-state index is 0.638. The standard InChI is InChI=1S/C14H17NO/c1-11-5-6-13(10-15)14(9-11)16-8-7-12-3-2-4-12/h5-6,9,12H,2-4,7-8H2,1H3. The van der Waals surface area contributed by atoms with E-state index < -0.39 is 0 Å². The van der Waals surface area contributed by atoms with Gasteiger partial charge in [-0.05, 0) is 37.0 Å². The van der Waals surface area contributed by atoms with Crippen LogP contribution in [-0.2, 0) is 0 Å². The maximum atomic E-state index is 8.95. The fraction of sp³-hybridized carbons (Fsp3) is 0.500. The summed E-state index contributed by atoms with van der Waals surface area (Å²) >= 11 is 0. The summed E-state index contributed by atoms with van der Waals surface area (Å²) in [7, 11) is 0. The summed E-state index contributed by atoms with van der Waals surface area (Å²) in [6, 6.07) is 7.88. The Morgan fingerprint density at radius 2 is 2.25 bits per heavy atom. The minimum atomic E-state index is 0.638. The third kappa shape index (κ3) is 2.55. The number of hydrogen-bond donors (Lipinski definition) is 0. The van der Waals surface area contributed by atoms with Gasteiger partial charge in [0.1, 0.15) is 11.8 Å². The third-order valence-corrected chi connectivity index (χ3v) is 3.27. The molecule has 0 aliphatic heterocycles. The van der Waals surface area contributed by atoms with Gasteiger partial charge in [0.05, 0.1) is 12.2 Å². The lowest BCUT2D eigenvalue weighted by Gasteiger charge is -2.25. The molecule has 0 unspecified atom stereocenters. The van der Waals surface area contributed by atoms with Crippen LogP contribution in [0.5, 0.6) is 5.75 Å². The first kappa shape index (κ1) is 11.0. The van der Waals surface area contributed by atoms with Gasteiger partial charge in [0, 0.05) is 0 Å². The Morgan fingerprint density at radius 3 is 2.88 bits per heavy atom. The van der Waals surface area contributed by atoms with Crippen molar-refractivity contribution in [2.24, 2.45) is 5.92 Å². The lowest BCUT2D eigenvalue weighted by Crippen LogP contribution is -2.14. The zero-order chi connectivity index (χ0) is 11.4. The summed E-state index contributed by atoms with van der Waals surface area (Å²) in [4.78, 5) is 0. The molecule has 0 radical (unpaired) electrons. The van der Waals surface area contributed by atoms with E-state index in [4.69, 9.17) is 10.00 Å². The van der Waals surface area contributed by atoms with Crippen LogP contribution in [0, 0.1) is 24.2 Å². The fourth-order valence-corrected chi connectivity index (χ4v) is 1.96. The van der Waals surface area contributed by atoms with Gasteiger partial charge in [-0.3, -0.25) is 0 Å². The van der Waals surface area contributed by atoms with Crippen LogP contribution >= 0.6 is 0 Å². The Balaban J connectivity index is 1.91. The molecule has 84 valence electrons. The first-order chi connectivity index (χ1) is 7.79. The van der Waals surface area contributed by atoms with E-state index in [0.29, 0.717) is 5.56 Å². The first-order valence-corrected chi connectivity index (χ1v) is 5.93. The number of nitriles is 1. The van der Waals surface area contributed by atoms with Crippen molar-refractivity contribution in [3.05, 3.63) is 29.3 Å². The Morgan fingerprint density at radius 1 is 1.44 bits per heavy atom. The number of hydrogen-bond acceptors (Lipinski definition) is 2. The summed E-state index contributed by atoms with van der Waals surface area (Å²) in [6.45, 7) is 2.75. The summed E-state index contributed by atoms with van der Waals surface area (Å²) in [5.41, 5.74) is 1.77. The summed E-state index contributed by atoms with van der Waals surface area (Å²) in [6.07, 6.45) is 5.20. The van der Waals surface area contributed by atoms with Gasteiger partial charge in [-0.25, -0.2) is 0 Å². The van der Waals surface area contributed by atoms with E-state index in [9.17, 15) is 0 Å². The van der Waals surface area contributed by atoms with Crippen molar-refractivity contribution in [2.45, 2.75) is 32.6 Å². The average molecular weight is 215 g/mol. The summed E-state index contributed by atoms with van der Waals surface area (Å²) < 4.78 is 5.69. The smallest absolute Gasteiger partial charge is 0.137 e. The fourth-order valence-electron chi connectivity index (χ4n) is 1.96. The molecule has 16 heavy (non-hydrogen) atoms. The van der Waals surface area contributed by atoms with Crippen molar-refractivity contribution in [1.82, 2.24) is 0 Å². The van der Waals surface area contributed by atoms with Gasteiger partial charge in [-0.15, -0.1) is 0 Å². The Labute approximate surface area is 96.9 Å². The van der Waals surface area contributed by atoms with E-state index >= 15 is 0 Å². The van der Waals surface area contributed by atoms with Crippen molar-refractivity contribution >= 4 is 0 Å². The Hall–Kier alpha value is -1.49. The average Bonchev–Trinajstić information content (AvgIpc) is 2.22. The van der Waals surface area contributed by atoms with Crippen LogP contribution < -0.4 is 4.74 Å². The van der Waals surface area contributed by atoms with E-state index in [0.717, 1.165) is 30.3 Å². The third-order valence-electron chi connectivity index (χ3n) is 3.27. The van der Waals surface area contributed by atoms with Gasteiger partial charge >= 0.3 is 0 Å². The van der Waals surface area contributed by atoms with Gasteiger partial charge in [0.15, 0.2) is 0 Å². The van der Waals surface area contributed by atoms with Crippen LogP contribution in [0.15, 0.2) is 18.2 Å². The molecular formula is C14H17NO. The Kier molecular flexibility index (Phi) is 3.46. The Bertz CT molecular complexity index is 402. The highest BCUT2D eigenvalue weighted by Gasteiger charge is 2.17. The second kappa shape index (κ2) is 5.03. The molecule has 1 aliphatic rings. The van der Waals surface area contributed by atoms with Crippen molar-refractivity contribution in [1.29, 1.82) is 5.26 Å². The van der Waals surface area contributed by atoms with Crippen LogP contribution in [0.3, 0.4) is 0 Å². The quantitative estimate of drug-likeness (QED) is 0.770. The molecule has 0 N–H and O–H groups in total. The molecule has 1 saturated carbocycles. The van der Waals surface area contributed by atoms with Crippen LogP contribution in [0.25, 0.3) is 0 Å². The number of rotatable bonds is 4. The predicted molar refractivity (Wildman–Crippen MR) is 63.3 cm³/mol. The number of aryl methyl sites for hydroxylation is 1. The molecule has 0 saturated heterocycles.